The van der Waals surface area contributed by atoms with E-state index in [2.05, 4.69) is 60.3 Å². The molecule has 7 rings (SSSR count). The largest absolute Gasteiger partial charge is 0.473 e. The quantitative estimate of drug-likeness (QED) is 0.116. The number of nitrogens with zero attached hydrogens (tertiary/aromatic N) is 2. The maximum absolute atomic E-state index is 15.6. The number of hydrogen-bond acceptors (Lipinski definition) is 7. The van der Waals surface area contributed by atoms with Crippen LogP contribution in [0.15, 0.2) is 65.8 Å². The second-order valence-electron chi connectivity index (χ2n) is 14.0. The van der Waals surface area contributed by atoms with Crippen LogP contribution >= 0.6 is 11.8 Å². The summed E-state index contributed by atoms with van der Waals surface area (Å²) in [4.78, 5) is 21.5. The maximum atomic E-state index is 15.6. The highest BCUT2D eigenvalue weighted by molar-refractivity contribution is 7.98. The van der Waals surface area contributed by atoms with Crippen molar-refractivity contribution in [3.05, 3.63) is 66.5 Å². The number of benzene rings is 2. The first kappa shape index (κ1) is 32.0. The molecule has 0 aliphatic heterocycles. The van der Waals surface area contributed by atoms with E-state index in [1.807, 2.05) is 36.4 Å². The second kappa shape index (κ2) is 13.0. The van der Waals surface area contributed by atoms with Crippen LogP contribution in [-0.4, -0.2) is 55.8 Å². The first-order valence-electron chi connectivity index (χ1n) is 16.0. The van der Waals surface area contributed by atoms with E-state index >= 15 is 4.39 Å². The van der Waals surface area contributed by atoms with E-state index in [1.165, 1.54) is 31.0 Å². The van der Waals surface area contributed by atoms with Crippen molar-refractivity contribution in [2.45, 2.75) is 75.0 Å². The van der Waals surface area contributed by atoms with Gasteiger partial charge in [0.2, 0.25) is 5.82 Å². The third kappa shape index (κ3) is 6.64. The van der Waals surface area contributed by atoms with Gasteiger partial charge in [0.15, 0.2) is 11.8 Å². The van der Waals surface area contributed by atoms with Crippen LogP contribution in [0.1, 0.15) is 59.3 Å². The van der Waals surface area contributed by atoms with Crippen molar-refractivity contribution >= 4 is 36.4 Å². The molecular weight excluding hydrogens is 606 g/mol. The molecule has 45 heavy (non-hydrogen) atoms. The molecule has 4 fully saturated rings. The molecule has 1 aromatic heterocycles. The van der Waals surface area contributed by atoms with Crippen LogP contribution in [0.2, 0.25) is 5.04 Å². The molecule has 3 aromatic rings. The van der Waals surface area contributed by atoms with Crippen molar-refractivity contribution in [2.75, 3.05) is 26.1 Å². The van der Waals surface area contributed by atoms with Gasteiger partial charge in [-0.05, 0) is 77.9 Å². The summed E-state index contributed by atoms with van der Waals surface area (Å²) in [6.07, 6.45) is 8.79. The minimum Gasteiger partial charge on any atom is -0.473 e. The van der Waals surface area contributed by atoms with Crippen molar-refractivity contribution in [3.8, 4) is 11.8 Å². The van der Waals surface area contributed by atoms with Gasteiger partial charge in [0.1, 0.15) is 6.61 Å². The SMILES string of the molecule is CSc1nc(OCCO[Si](c2ccccc2)(c2ccccc2)C(C)(C)C)c(F)c(OCC(=O)NC23CC4CC(CC(C4)C2)C3)n1. The zero-order valence-corrected chi connectivity index (χ0v) is 28.5. The van der Waals surface area contributed by atoms with E-state index in [4.69, 9.17) is 13.9 Å². The lowest BCUT2D eigenvalue weighted by molar-refractivity contribution is -0.129. The molecule has 0 radical (unpaired) electrons. The Kier molecular flexibility index (Phi) is 9.28. The Hall–Kier alpha value is -2.95. The molecule has 0 atom stereocenters. The van der Waals surface area contributed by atoms with E-state index < -0.39 is 14.1 Å². The van der Waals surface area contributed by atoms with Crippen LogP contribution in [-0.2, 0) is 9.22 Å². The third-order valence-corrected chi connectivity index (χ3v) is 15.4. The summed E-state index contributed by atoms with van der Waals surface area (Å²) in [6, 6.07) is 20.7. The summed E-state index contributed by atoms with van der Waals surface area (Å²) in [5.74, 6) is 0.584. The smallest absolute Gasteiger partial charge is 0.261 e. The van der Waals surface area contributed by atoms with E-state index in [0.29, 0.717) is 22.9 Å². The molecule has 2 aromatic carbocycles. The van der Waals surface area contributed by atoms with Crippen molar-refractivity contribution in [2.24, 2.45) is 17.8 Å². The summed E-state index contributed by atoms with van der Waals surface area (Å²) in [7, 11) is -2.76. The van der Waals surface area contributed by atoms with Crippen LogP contribution in [0.5, 0.6) is 11.8 Å². The Morgan fingerprint density at radius 3 is 1.89 bits per heavy atom. The van der Waals surface area contributed by atoms with Gasteiger partial charge in [-0.1, -0.05) is 93.2 Å². The Morgan fingerprint density at radius 1 is 0.889 bits per heavy atom. The van der Waals surface area contributed by atoms with Crippen molar-refractivity contribution in [1.29, 1.82) is 0 Å². The minimum absolute atomic E-state index is 0.0815. The topological polar surface area (TPSA) is 82.6 Å². The van der Waals surface area contributed by atoms with Gasteiger partial charge < -0.3 is 19.2 Å². The van der Waals surface area contributed by atoms with Gasteiger partial charge in [0, 0.05) is 5.54 Å². The van der Waals surface area contributed by atoms with Crippen LogP contribution in [0.25, 0.3) is 0 Å². The number of carbonyl (C=O) groups is 1. The summed E-state index contributed by atoms with van der Waals surface area (Å²) in [5.41, 5.74) is -0.136. The first-order chi connectivity index (χ1) is 21.6. The number of carbonyl (C=O) groups excluding carboxylic acids is 1. The van der Waals surface area contributed by atoms with Gasteiger partial charge in [-0.15, -0.1) is 0 Å². The van der Waals surface area contributed by atoms with Gasteiger partial charge in [-0.2, -0.15) is 14.4 Å². The Morgan fingerprint density at radius 2 is 1.40 bits per heavy atom. The number of aromatic nitrogens is 2. The van der Waals surface area contributed by atoms with Crippen molar-refractivity contribution < 1.29 is 23.1 Å². The number of rotatable bonds is 12. The molecule has 0 spiro atoms. The monoisotopic (exact) mass is 649 g/mol. The van der Waals surface area contributed by atoms with E-state index in [0.717, 1.165) is 29.6 Å². The minimum atomic E-state index is -2.76. The third-order valence-electron chi connectivity index (χ3n) is 9.79. The zero-order valence-electron chi connectivity index (χ0n) is 26.7. The number of thioether (sulfide) groups is 1. The Bertz CT molecular complexity index is 1410. The molecule has 0 unspecified atom stereocenters. The van der Waals surface area contributed by atoms with Crippen molar-refractivity contribution in [1.82, 2.24) is 15.3 Å². The van der Waals surface area contributed by atoms with E-state index in [-0.39, 0.29) is 48.1 Å². The highest BCUT2D eigenvalue weighted by atomic mass is 32.2. The standard InChI is InChI=1S/C35H44FN3O4SSi/c1-34(2,3)45(27-11-7-5-8-12-27,28-13-9-6-10-14-28)43-16-15-41-31-30(36)32(38-33(37-31)44-4)42-23-29(40)39-35-20-24-17-25(21-35)19-26(18-24)22-35/h5-14,24-26H,15-23H2,1-4H3,(H,39,40). The van der Waals surface area contributed by atoms with Crippen LogP contribution in [0, 0.1) is 23.6 Å². The molecule has 240 valence electrons. The van der Waals surface area contributed by atoms with Crippen LogP contribution in [0.3, 0.4) is 0 Å². The molecule has 0 saturated heterocycles. The molecule has 4 bridgehead atoms. The fourth-order valence-corrected chi connectivity index (χ4v) is 13.4. The average Bonchev–Trinajstić information content (AvgIpc) is 3.00. The molecule has 4 aliphatic carbocycles. The lowest BCUT2D eigenvalue weighted by Crippen LogP contribution is -2.66. The predicted molar refractivity (Wildman–Crippen MR) is 177 cm³/mol. The van der Waals surface area contributed by atoms with E-state index in [1.54, 1.807) is 6.26 Å². The van der Waals surface area contributed by atoms with Crippen molar-refractivity contribution in [3.63, 3.8) is 0 Å². The van der Waals surface area contributed by atoms with Gasteiger partial charge in [-0.25, -0.2) is 0 Å². The van der Waals surface area contributed by atoms with Gasteiger partial charge >= 0.3 is 0 Å². The second-order valence-corrected chi connectivity index (χ2v) is 19.1. The fraction of sp³-hybridized carbons (Fsp3) is 0.514. The summed E-state index contributed by atoms with van der Waals surface area (Å²) in [5, 5.41) is 5.69. The Balaban J connectivity index is 1.12. The number of ether oxygens (including phenoxy) is 2. The van der Waals surface area contributed by atoms with Gasteiger partial charge in [0.05, 0.1) is 6.61 Å². The first-order valence-corrected chi connectivity index (χ1v) is 19.2. The molecular formula is C35H44FN3O4SSi. The molecule has 1 amide bonds. The number of halogens is 1. The van der Waals surface area contributed by atoms with Gasteiger partial charge in [-0.3, -0.25) is 4.79 Å². The molecule has 1 heterocycles. The summed E-state index contributed by atoms with van der Waals surface area (Å²) in [6.45, 7) is 6.63. The maximum Gasteiger partial charge on any atom is 0.261 e. The average molecular weight is 650 g/mol. The van der Waals surface area contributed by atoms with Crippen LogP contribution in [0.4, 0.5) is 4.39 Å². The molecule has 4 saturated carbocycles. The number of hydrogen-bond donors (Lipinski definition) is 1. The lowest BCUT2D eigenvalue weighted by atomic mass is 9.53. The van der Waals surface area contributed by atoms with Gasteiger partial charge in [0.25, 0.3) is 26.0 Å². The zero-order chi connectivity index (χ0) is 31.7. The highest BCUT2D eigenvalue weighted by Gasteiger charge is 2.52. The predicted octanol–water partition coefficient (Wildman–Crippen LogP) is 5.76. The molecule has 4 aliphatic rings. The fourth-order valence-electron chi connectivity index (χ4n) is 8.50. The molecule has 1 N–H and O–H groups in total. The number of nitrogens with one attached hydrogen (secondary N) is 1. The molecule has 10 heteroatoms. The summed E-state index contributed by atoms with van der Waals surface area (Å²) >= 11 is 1.25. The van der Waals surface area contributed by atoms with Crippen LogP contribution < -0.4 is 25.2 Å². The number of amides is 1. The van der Waals surface area contributed by atoms with E-state index in [9.17, 15) is 4.79 Å². The lowest BCUT2D eigenvalue weighted by Gasteiger charge is -2.56. The normalized spacial score (nSPS) is 24.0. The highest BCUT2D eigenvalue weighted by Crippen LogP contribution is 2.55. The Labute approximate surface area is 271 Å². The summed E-state index contributed by atoms with van der Waals surface area (Å²) < 4.78 is 34.0. The molecule has 7 nitrogen and oxygen atoms in total.